The summed E-state index contributed by atoms with van der Waals surface area (Å²) in [6.07, 6.45) is 5.58. The van der Waals surface area contributed by atoms with Crippen LogP contribution in [0.25, 0.3) is 11.1 Å². The molecule has 1 fully saturated rings. The highest BCUT2D eigenvalue weighted by molar-refractivity contribution is 7.89. The summed E-state index contributed by atoms with van der Waals surface area (Å²) in [4.78, 5) is 32.5. The Bertz CT molecular complexity index is 1820. The molecule has 1 saturated carbocycles. The van der Waals surface area contributed by atoms with Gasteiger partial charge in [-0.1, -0.05) is 86.0 Å². The second-order valence-electron chi connectivity index (χ2n) is 11.7. The van der Waals surface area contributed by atoms with Crippen molar-refractivity contribution in [3.05, 3.63) is 120 Å². The van der Waals surface area contributed by atoms with Gasteiger partial charge in [0.25, 0.3) is 0 Å². The Balaban J connectivity index is 1.27. The molecule has 11 heteroatoms. The van der Waals surface area contributed by atoms with Crippen LogP contribution in [0.1, 0.15) is 67.5 Å². The van der Waals surface area contributed by atoms with Crippen molar-refractivity contribution >= 4 is 27.9 Å². The minimum absolute atomic E-state index is 0.0136. The van der Waals surface area contributed by atoms with Crippen LogP contribution in [0.5, 0.6) is 0 Å². The first kappa shape index (κ1) is 33.5. The van der Waals surface area contributed by atoms with Gasteiger partial charge < -0.3 is 9.64 Å². The molecule has 0 spiro atoms. The van der Waals surface area contributed by atoms with E-state index < -0.39 is 22.2 Å². The number of benzene rings is 3. The molecule has 1 aliphatic carbocycles. The van der Waals surface area contributed by atoms with Crippen molar-refractivity contribution in [2.24, 2.45) is 5.14 Å². The number of carbonyl (C=O) groups is 2. The summed E-state index contributed by atoms with van der Waals surface area (Å²) >= 11 is 0. The van der Waals surface area contributed by atoms with Crippen LogP contribution in [0, 0.1) is 5.41 Å². The van der Waals surface area contributed by atoms with Crippen molar-refractivity contribution in [3.63, 3.8) is 0 Å². The topological polar surface area (TPSA) is 156 Å². The molecule has 0 saturated heterocycles. The van der Waals surface area contributed by atoms with E-state index in [4.69, 9.17) is 15.3 Å². The smallest absolute Gasteiger partial charge is 0.413 e. The number of aromatic nitrogens is 1. The minimum Gasteiger partial charge on any atom is -0.440 e. The number of carbonyl (C=O) groups excluding carboxylic acids is 2. The van der Waals surface area contributed by atoms with Crippen LogP contribution < -0.4 is 10.5 Å². The van der Waals surface area contributed by atoms with Crippen LogP contribution in [0.3, 0.4) is 0 Å². The predicted molar refractivity (Wildman–Crippen MR) is 180 cm³/mol. The average molecular weight is 654 g/mol. The van der Waals surface area contributed by atoms with Gasteiger partial charge in [-0.3, -0.25) is 20.5 Å². The molecule has 1 aliphatic rings. The second kappa shape index (κ2) is 15.1. The van der Waals surface area contributed by atoms with Gasteiger partial charge in [-0.15, -0.1) is 0 Å². The molecule has 3 aromatic carbocycles. The number of pyridine rings is 1. The Morgan fingerprint density at radius 1 is 0.957 bits per heavy atom. The third-order valence-electron chi connectivity index (χ3n) is 8.33. The highest BCUT2D eigenvalue weighted by Crippen LogP contribution is 2.28. The van der Waals surface area contributed by atoms with Gasteiger partial charge >= 0.3 is 6.09 Å². The summed E-state index contributed by atoms with van der Waals surface area (Å²) in [5, 5.41) is 16.4. The molecule has 0 radical (unpaired) electrons. The van der Waals surface area contributed by atoms with Crippen LogP contribution in [0.15, 0.2) is 102 Å². The van der Waals surface area contributed by atoms with Gasteiger partial charge in [0.1, 0.15) is 11.9 Å². The minimum atomic E-state index is -3.90. The van der Waals surface area contributed by atoms with Gasteiger partial charge in [-0.25, -0.2) is 18.4 Å². The number of alkyl carbamates (subject to hydrolysis) is 1. The zero-order chi connectivity index (χ0) is 33.4. The Kier molecular flexibility index (Phi) is 10.8. The first-order valence-corrected chi connectivity index (χ1v) is 17.2. The maximum absolute atomic E-state index is 13.8. The van der Waals surface area contributed by atoms with E-state index in [0.717, 1.165) is 43.2 Å². The lowest BCUT2D eigenvalue weighted by atomic mass is 9.93. The molecule has 244 valence electrons. The monoisotopic (exact) mass is 653 g/mol. The number of primary sulfonamides is 1. The van der Waals surface area contributed by atoms with Crippen LogP contribution in [0.4, 0.5) is 4.79 Å². The number of amidine groups is 1. The largest absolute Gasteiger partial charge is 0.440 e. The van der Waals surface area contributed by atoms with E-state index in [0.29, 0.717) is 28.9 Å². The molecule has 10 nitrogen and oxygen atoms in total. The number of rotatable bonds is 10. The van der Waals surface area contributed by atoms with Crippen LogP contribution in [0.2, 0.25) is 0 Å². The lowest BCUT2D eigenvalue weighted by molar-refractivity contribution is -0.134. The molecule has 1 unspecified atom stereocenters. The number of nitrogens with one attached hydrogen (secondary N) is 2. The normalized spacial score (nSPS) is 14.2. The maximum Gasteiger partial charge on any atom is 0.413 e. The molecule has 1 heterocycles. The summed E-state index contributed by atoms with van der Waals surface area (Å²) in [6, 6.07) is 26.6. The van der Waals surface area contributed by atoms with Crippen LogP contribution in [-0.4, -0.2) is 42.2 Å². The fourth-order valence-corrected chi connectivity index (χ4v) is 6.67. The Hall–Kier alpha value is -4.87. The van der Waals surface area contributed by atoms with Crippen molar-refractivity contribution in [2.75, 3.05) is 0 Å². The highest BCUT2D eigenvalue weighted by atomic mass is 32.2. The van der Waals surface area contributed by atoms with Crippen LogP contribution in [-0.2, 0) is 32.5 Å². The number of nitrogens with zero attached hydrogens (tertiary/aromatic N) is 2. The van der Waals surface area contributed by atoms with Gasteiger partial charge in [0.05, 0.1) is 17.0 Å². The Morgan fingerprint density at radius 3 is 2.38 bits per heavy atom. The summed E-state index contributed by atoms with van der Waals surface area (Å²) in [7, 11) is -3.90. The zero-order valence-corrected chi connectivity index (χ0v) is 27.1. The number of nitrogens with two attached hydrogens (primary N) is 1. The van der Waals surface area contributed by atoms with Crippen molar-refractivity contribution in [2.45, 2.75) is 69.0 Å². The first-order chi connectivity index (χ1) is 22.6. The number of ether oxygens (including phenoxy) is 1. The number of amides is 2. The fraction of sp³-hybridized carbons (Fsp3) is 0.278. The first-order valence-electron chi connectivity index (χ1n) is 15.7. The number of sulfonamides is 1. The molecule has 4 N–H and O–H groups in total. The summed E-state index contributed by atoms with van der Waals surface area (Å²) in [5.41, 5.74) is 3.96. The van der Waals surface area contributed by atoms with Crippen molar-refractivity contribution < 1.29 is 22.7 Å². The van der Waals surface area contributed by atoms with E-state index in [2.05, 4.69) is 10.3 Å². The second-order valence-corrected chi connectivity index (χ2v) is 13.3. The predicted octanol–water partition coefficient (Wildman–Crippen LogP) is 6.11. The van der Waals surface area contributed by atoms with Crippen molar-refractivity contribution in [1.29, 1.82) is 5.41 Å². The van der Waals surface area contributed by atoms with E-state index in [1.54, 1.807) is 49.5 Å². The van der Waals surface area contributed by atoms with Gasteiger partial charge in [-0.05, 0) is 60.7 Å². The summed E-state index contributed by atoms with van der Waals surface area (Å²) < 4.78 is 29.6. The average Bonchev–Trinajstić information content (AvgIpc) is 3.08. The molecule has 2 amide bonds. The maximum atomic E-state index is 13.8. The van der Waals surface area contributed by atoms with E-state index >= 15 is 0 Å². The van der Waals surface area contributed by atoms with Gasteiger partial charge in [0, 0.05) is 29.9 Å². The van der Waals surface area contributed by atoms with Crippen molar-refractivity contribution in [3.8, 4) is 11.1 Å². The molecule has 5 rings (SSSR count). The van der Waals surface area contributed by atoms with Gasteiger partial charge in [0.2, 0.25) is 15.9 Å². The summed E-state index contributed by atoms with van der Waals surface area (Å²) in [6.45, 7) is 2.08. The molecule has 47 heavy (non-hydrogen) atoms. The Morgan fingerprint density at radius 2 is 1.68 bits per heavy atom. The molecular formula is C36H39N5O5S. The highest BCUT2D eigenvalue weighted by Gasteiger charge is 2.26. The third-order valence-corrected chi connectivity index (χ3v) is 9.30. The molecular weight excluding hydrogens is 614 g/mol. The molecule has 0 bridgehead atoms. The van der Waals surface area contributed by atoms with Gasteiger partial charge in [-0.2, -0.15) is 0 Å². The molecule has 4 aromatic rings. The van der Waals surface area contributed by atoms with Crippen LogP contribution >= 0.6 is 0 Å². The zero-order valence-electron chi connectivity index (χ0n) is 26.3. The SMILES string of the molecule is CC(OC(=O)NC(=N)c1cccc(CN(C(=O)Cc2ccc(-c3ccccc3S(N)(=O)=O)cc2)C2CCCCC2)c1)c1ccccn1. The van der Waals surface area contributed by atoms with E-state index in [1.807, 2.05) is 53.4 Å². The molecule has 1 aromatic heterocycles. The lowest BCUT2D eigenvalue weighted by Gasteiger charge is -2.35. The number of hydrogen-bond acceptors (Lipinski definition) is 7. The standard InChI is InChI=1S/C36H39N5O5S/c1-25(32-15-7-8-21-39-32)46-36(43)40-35(37)29-11-9-10-27(22-29)24-41(30-12-3-2-4-13-30)34(42)23-26-17-19-28(20-18-26)31-14-5-6-16-33(31)47(38,44)45/h5-11,14-22,25,30H,2-4,12-13,23-24H2,1H3,(H2,37,40,43)(H2,38,44,45). The van der Waals surface area contributed by atoms with E-state index in [-0.39, 0.29) is 29.1 Å². The third kappa shape index (κ3) is 8.90. The van der Waals surface area contributed by atoms with E-state index in [9.17, 15) is 18.0 Å². The quantitative estimate of drug-likeness (QED) is 0.139. The lowest BCUT2D eigenvalue weighted by Crippen LogP contribution is -2.41. The van der Waals surface area contributed by atoms with E-state index in [1.165, 1.54) is 6.07 Å². The molecule has 1 atom stereocenters. The number of hydrogen-bond donors (Lipinski definition) is 3. The van der Waals surface area contributed by atoms with Gasteiger partial charge in [0.15, 0.2) is 0 Å². The fourth-order valence-electron chi connectivity index (χ4n) is 5.91. The Labute approximate surface area is 275 Å². The molecule has 0 aliphatic heterocycles. The van der Waals surface area contributed by atoms with Crippen molar-refractivity contribution in [1.82, 2.24) is 15.2 Å². The summed E-state index contributed by atoms with van der Waals surface area (Å²) in [5.74, 6) is -0.120.